The molecule has 21 heavy (non-hydrogen) atoms. The Hall–Kier alpha value is -2.24. The highest BCUT2D eigenvalue weighted by molar-refractivity contribution is 5.99. The molecule has 1 fully saturated rings. The van der Waals surface area contributed by atoms with Crippen LogP contribution in [0.5, 0.6) is 0 Å². The first-order valence-corrected chi connectivity index (χ1v) is 7.07. The highest BCUT2D eigenvalue weighted by Crippen LogP contribution is 2.17. The number of urea groups is 1. The molecule has 3 amide bonds. The molecule has 1 aliphatic rings. The molecule has 0 radical (unpaired) electrons. The van der Waals surface area contributed by atoms with Crippen molar-refractivity contribution in [3.8, 4) is 0 Å². The van der Waals surface area contributed by atoms with E-state index in [9.17, 15) is 9.59 Å². The summed E-state index contributed by atoms with van der Waals surface area (Å²) in [5.41, 5.74) is 1.50. The Morgan fingerprint density at radius 3 is 2.19 bits per heavy atom. The Kier molecular flexibility index (Phi) is 4.67. The molecule has 0 saturated carbocycles. The molecule has 1 heterocycles. The molecule has 0 atom stereocenters. The van der Waals surface area contributed by atoms with E-state index in [0.29, 0.717) is 31.7 Å². The van der Waals surface area contributed by atoms with E-state index in [0.717, 1.165) is 5.69 Å². The quantitative estimate of drug-likeness (QED) is 0.889. The van der Waals surface area contributed by atoms with Gasteiger partial charge in [-0.25, -0.2) is 4.79 Å². The summed E-state index contributed by atoms with van der Waals surface area (Å²) in [6, 6.07) is 7.47. The summed E-state index contributed by atoms with van der Waals surface area (Å²) in [5, 5.41) is 3.04. The Bertz CT molecular complexity index is 522. The molecular weight excluding hydrogens is 268 g/mol. The molecule has 6 heteroatoms. The lowest BCUT2D eigenvalue weighted by Crippen LogP contribution is -2.52. The van der Waals surface area contributed by atoms with Crippen LogP contribution in [0.1, 0.15) is 10.4 Å². The monoisotopic (exact) mass is 290 g/mol. The molecule has 1 aliphatic heterocycles. The summed E-state index contributed by atoms with van der Waals surface area (Å²) >= 11 is 0. The second-order valence-electron chi connectivity index (χ2n) is 5.25. The number of benzene rings is 1. The number of nitrogens with zero attached hydrogens (tertiary/aromatic N) is 3. The van der Waals surface area contributed by atoms with Gasteiger partial charge < -0.3 is 20.0 Å². The Labute approximate surface area is 125 Å². The fourth-order valence-electron chi connectivity index (χ4n) is 2.44. The minimum absolute atomic E-state index is 0.00211. The van der Waals surface area contributed by atoms with Crippen LogP contribution in [0.2, 0.25) is 0 Å². The van der Waals surface area contributed by atoms with Crippen molar-refractivity contribution in [3.63, 3.8) is 0 Å². The molecule has 0 unspecified atom stereocenters. The van der Waals surface area contributed by atoms with Gasteiger partial charge in [0.2, 0.25) is 0 Å². The van der Waals surface area contributed by atoms with Gasteiger partial charge in [0.05, 0.1) is 5.56 Å². The molecule has 1 N–H and O–H groups in total. The van der Waals surface area contributed by atoms with E-state index in [-0.39, 0.29) is 11.9 Å². The Balaban J connectivity index is 2.02. The van der Waals surface area contributed by atoms with E-state index in [1.807, 2.05) is 24.3 Å². The van der Waals surface area contributed by atoms with E-state index in [2.05, 4.69) is 5.32 Å². The summed E-state index contributed by atoms with van der Waals surface area (Å²) in [4.78, 5) is 29.6. The number of hydrogen-bond acceptors (Lipinski definition) is 3. The number of para-hydroxylation sites is 1. The van der Waals surface area contributed by atoms with E-state index in [4.69, 9.17) is 0 Å². The summed E-state index contributed by atoms with van der Waals surface area (Å²) in [6.45, 7) is 2.28. The number of carbonyl (C=O) groups excluding carboxylic acids is 2. The molecule has 1 aromatic carbocycles. The minimum atomic E-state index is -0.00211. The largest absolute Gasteiger partial charge is 0.387 e. The molecular formula is C15H22N4O2. The van der Waals surface area contributed by atoms with Crippen LogP contribution in [0.3, 0.4) is 0 Å². The normalized spacial score (nSPS) is 14.8. The van der Waals surface area contributed by atoms with Gasteiger partial charge in [-0.3, -0.25) is 4.79 Å². The third-order valence-electron chi connectivity index (χ3n) is 3.65. The number of piperazine rings is 1. The molecule has 0 spiro atoms. The van der Waals surface area contributed by atoms with Crippen molar-refractivity contribution in [3.05, 3.63) is 29.8 Å². The van der Waals surface area contributed by atoms with Crippen molar-refractivity contribution in [1.29, 1.82) is 0 Å². The summed E-state index contributed by atoms with van der Waals surface area (Å²) in [6.07, 6.45) is 0. The zero-order valence-electron chi connectivity index (χ0n) is 12.8. The molecule has 1 saturated heterocycles. The number of rotatable bonds is 2. The average molecular weight is 290 g/mol. The standard InChI is InChI=1S/C15H22N4O2/c1-16-13-7-5-4-6-12(13)14(20)18-8-10-19(11-9-18)15(21)17(2)3/h4-7,16H,8-11H2,1-3H3. The van der Waals surface area contributed by atoms with E-state index in [1.54, 1.807) is 35.8 Å². The summed E-state index contributed by atoms with van der Waals surface area (Å²) in [7, 11) is 5.28. The third-order valence-corrected chi connectivity index (χ3v) is 3.65. The zero-order valence-corrected chi connectivity index (χ0v) is 12.8. The number of hydrogen-bond donors (Lipinski definition) is 1. The van der Waals surface area contributed by atoms with Crippen molar-refractivity contribution in [2.45, 2.75) is 0 Å². The van der Waals surface area contributed by atoms with Crippen LogP contribution in [-0.2, 0) is 0 Å². The maximum atomic E-state index is 12.6. The van der Waals surface area contributed by atoms with E-state index in [1.165, 1.54) is 0 Å². The van der Waals surface area contributed by atoms with Crippen LogP contribution in [-0.4, -0.2) is 74.0 Å². The van der Waals surface area contributed by atoms with Gasteiger partial charge in [-0.2, -0.15) is 0 Å². The summed E-state index contributed by atoms with van der Waals surface area (Å²) in [5.74, 6) is 0.0110. The average Bonchev–Trinajstić information content (AvgIpc) is 2.53. The van der Waals surface area contributed by atoms with Crippen LogP contribution in [0.25, 0.3) is 0 Å². The highest BCUT2D eigenvalue weighted by Gasteiger charge is 2.26. The van der Waals surface area contributed by atoms with Crippen LogP contribution >= 0.6 is 0 Å². The lowest BCUT2D eigenvalue weighted by molar-refractivity contribution is 0.0651. The van der Waals surface area contributed by atoms with Crippen LogP contribution < -0.4 is 5.32 Å². The number of amides is 3. The third kappa shape index (κ3) is 3.26. The predicted octanol–water partition coefficient (Wildman–Crippen LogP) is 1.17. The second kappa shape index (κ2) is 6.47. The predicted molar refractivity (Wildman–Crippen MR) is 82.5 cm³/mol. The Morgan fingerprint density at radius 2 is 1.62 bits per heavy atom. The molecule has 0 aromatic heterocycles. The fourth-order valence-corrected chi connectivity index (χ4v) is 2.44. The van der Waals surface area contributed by atoms with Gasteiger partial charge in [-0.05, 0) is 12.1 Å². The maximum absolute atomic E-state index is 12.6. The van der Waals surface area contributed by atoms with Gasteiger partial charge in [0.1, 0.15) is 0 Å². The van der Waals surface area contributed by atoms with Gasteiger partial charge >= 0.3 is 6.03 Å². The maximum Gasteiger partial charge on any atom is 0.319 e. The van der Waals surface area contributed by atoms with Crippen molar-refractivity contribution in [1.82, 2.24) is 14.7 Å². The van der Waals surface area contributed by atoms with Gasteiger partial charge in [-0.1, -0.05) is 12.1 Å². The lowest BCUT2D eigenvalue weighted by atomic mass is 10.1. The number of nitrogens with one attached hydrogen (secondary N) is 1. The molecule has 0 aliphatic carbocycles. The van der Waals surface area contributed by atoms with E-state index < -0.39 is 0 Å². The Morgan fingerprint density at radius 1 is 1.05 bits per heavy atom. The van der Waals surface area contributed by atoms with Gasteiger partial charge in [0.25, 0.3) is 5.91 Å². The number of anilines is 1. The molecule has 6 nitrogen and oxygen atoms in total. The first kappa shape index (κ1) is 15.2. The molecule has 2 rings (SSSR count). The molecule has 1 aromatic rings. The summed E-state index contributed by atoms with van der Waals surface area (Å²) < 4.78 is 0. The van der Waals surface area contributed by atoms with Gasteiger partial charge in [-0.15, -0.1) is 0 Å². The van der Waals surface area contributed by atoms with Crippen LogP contribution in [0, 0.1) is 0 Å². The fraction of sp³-hybridized carbons (Fsp3) is 0.467. The second-order valence-corrected chi connectivity index (χ2v) is 5.25. The number of carbonyl (C=O) groups is 2. The molecule has 0 bridgehead atoms. The molecule has 114 valence electrons. The zero-order chi connectivity index (χ0) is 15.4. The highest BCUT2D eigenvalue weighted by atomic mass is 16.2. The van der Waals surface area contributed by atoms with Gasteiger partial charge in [0, 0.05) is 53.0 Å². The first-order chi connectivity index (χ1) is 10.0. The van der Waals surface area contributed by atoms with Crippen molar-refractivity contribution >= 4 is 17.6 Å². The van der Waals surface area contributed by atoms with Crippen LogP contribution in [0.15, 0.2) is 24.3 Å². The first-order valence-electron chi connectivity index (χ1n) is 7.07. The van der Waals surface area contributed by atoms with Crippen LogP contribution in [0.4, 0.5) is 10.5 Å². The van der Waals surface area contributed by atoms with Crippen molar-refractivity contribution in [2.24, 2.45) is 0 Å². The van der Waals surface area contributed by atoms with Crippen molar-refractivity contribution < 1.29 is 9.59 Å². The SMILES string of the molecule is CNc1ccccc1C(=O)N1CCN(C(=O)N(C)C)CC1. The van der Waals surface area contributed by atoms with Crippen molar-refractivity contribution in [2.75, 3.05) is 52.6 Å². The lowest BCUT2D eigenvalue weighted by Gasteiger charge is -2.36. The van der Waals surface area contributed by atoms with E-state index >= 15 is 0 Å². The topological polar surface area (TPSA) is 55.9 Å². The minimum Gasteiger partial charge on any atom is -0.387 e. The van der Waals surface area contributed by atoms with Gasteiger partial charge in [0.15, 0.2) is 0 Å². The smallest absolute Gasteiger partial charge is 0.319 e.